The largest absolute Gasteiger partial charge is 0.374 e. The summed E-state index contributed by atoms with van der Waals surface area (Å²) in [6.45, 7) is 5.96. The average Bonchev–Trinajstić information content (AvgIpc) is 2.89. The van der Waals surface area contributed by atoms with E-state index >= 15 is 0 Å². The van der Waals surface area contributed by atoms with E-state index in [0.717, 1.165) is 29.1 Å². The fourth-order valence-electron chi connectivity index (χ4n) is 1.63. The fraction of sp³-hybridized carbons (Fsp3) is 0.462. The minimum atomic E-state index is 0.396. The molecular weight excluding hydrogens is 322 g/mol. The van der Waals surface area contributed by atoms with Crippen molar-refractivity contribution in [3.8, 4) is 5.82 Å². The molecular formula is C13H18BrN5O. The van der Waals surface area contributed by atoms with Crippen molar-refractivity contribution < 1.29 is 4.74 Å². The van der Waals surface area contributed by atoms with Gasteiger partial charge >= 0.3 is 0 Å². The molecule has 0 spiro atoms. The molecule has 0 unspecified atom stereocenters. The summed E-state index contributed by atoms with van der Waals surface area (Å²) in [6.07, 6.45) is 4.62. The lowest BCUT2D eigenvalue weighted by atomic mass is 10.4. The first-order chi connectivity index (χ1) is 9.72. The van der Waals surface area contributed by atoms with Gasteiger partial charge in [0.2, 0.25) is 0 Å². The summed E-state index contributed by atoms with van der Waals surface area (Å²) in [5, 5.41) is 7.51. The molecule has 0 aliphatic rings. The quantitative estimate of drug-likeness (QED) is 0.840. The summed E-state index contributed by atoms with van der Waals surface area (Å²) in [7, 11) is 0. The molecule has 108 valence electrons. The first-order valence-electron chi connectivity index (χ1n) is 6.63. The first-order valence-corrected chi connectivity index (χ1v) is 7.42. The Morgan fingerprint density at radius 1 is 1.35 bits per heavy atom. The Morgan fingerprint density at radius 3 is 2.85 bits per heavy atom. The van der Waals surface area contributed by atoms with Crippen LogP contribution in [0.15, 0.2) is 22.9 Å². The standard InChI is InChI=1S/C13H18BrN5O/c1-3-5-15-11-6-13(19-8-10(14)7-16-19)18-12(17-11)9-20-4-2/h6-8H,3-5,9H2,1-2H3,(H,15,17,18). The Balaban J connectivity index is 2.29. The molecule has 2 aromatic heterocycles. The average molecular weight is 340 g/mol. The molecule has 2 aromatic rings. The van der Waals surface area contributed by atoms with Gasteiger partial charge in [-0.3, -0.25) is 0 Å². The molecule has 0 amide bonds. The van der Waals surface area contributed by atoms with Gasteiger partial charge in [-0.25, -0.2) is 14.6 Å². The Kier molecular flexibility index (Phi) is 5.49. The molecule has 0 radical (unpaired) electrons. The maximum Gasteiger partial charge on any atom is 0.159 e. The van der Waals surface area contributed by atoms with Crippen LogP contribution in [0, 0.1) is 0 Å². The molecule has 0 saturated heterocycles. The minimum Gasteiger partial charge on any atom is -0.374 e. The van der Waals surface area contributed by atoms with Crippen molar-refractivity contribution in [3.63, 3.8) is 0 Å². The zero-order chi connectivity index (χ0) is 14.4. The minimum absolute atomic E-state index is 0.396. The maximum atomic E-state index is 5.38. The van der Waals surface area contributed by atoms with E-state index in [1.807, 2.05) is 19.2 Å². The predicted molar refractivity (Wildman–Crippen MR) is 81.0 cm³/mol. The normalized spacial score (nSPS) is 10.8. The van der Waals surface area contributed by atoms with Crippen molar-refractivity contribution >= 4 is 21.7 Å². The smallest absolute Gasteiger partial charge is 0.159 e. The third-order valence-corrected chi connectivity index (χ3v) is 2.95. The topological polar surface area (TPSA) is 64.9 Å². The van der Waals surface area contributed by atoms with E-state index in [1.54, 1.807) is 10.9 Å². The number of hydrogen-bond donors (Lipinski definition) is 1. The van der Waals surface area contributed by atoms with Gasteiger partial charge in [-0.2, -0.15) is 5.10 Å². The number of anilines is 1. The molecule has 20 heavy (non-hydrogen) atoms. The van der Waals surface area contributed by atoms with Crippen molar-refractivity contribution in [2.45, 2.75) is 26.9 Å². The molecule has 0 saturated carbocycles. The zero-order valence-electron chi connectivity index (χ0n) is 11.6. The second-order valence-electron chi connectivity index (χ2n) is 4.19. The van der Waals surface area contributed by atoms with Crippen LogP contribution < -0.4 is 5.32 Å². The number of nitrogens with one attached hydrogen (secondary N) is 1. The van der Waals surface area contributed by atoms with Gasteiger partial charge in [-0.05, 0) is 29.3 Å². The number of halogens is 1. The lowest BCUT2D eigenvalue weighted by Crippen LogP contribution is -2.10. The SMILES string of the molecule is CCCNc1cc(-n2cc(Br)cn2)nc(COCC)n1. The highest BCUT2D eigenvalue weighted by molar-refractivity contribution is 9.10. The lowest BCUT2D eigenvalue weighted by molar-refractivity contribution is 0.128. The number of ether oxygens (including phenoxy) is 1. The molecule has 0 bridgehead atoms. The van der Waals surface area contributed by atoms with Crippen LogP contribution in [0.4, 0.5) is 5.82 Å². The summed E-state index contributed by atoms with van der Waals surface area (Å²) in [5.74, 6) is 2.16. The molecule has 6 nitrogen and oxygen atoms in total. The van der Waals surface area contributed by atoms with Crippen molar-refractivity contribution in [2.24, 2.45) is 0 Å². The second kappa shape index (κ2) is 7.35. The molecule has 0 fully saturated rings. The van der Waals surface area contributed by atoms with E-state index in [1.165, 1.54) is 0 Å². The molecule has 0 aliphatic heterocycles. The van der Waals surface area contributed by atoms with Crippen LogP contribution in [-0.4, -0.2) is 32.9 Å². The summed E-state index contributed by atoms with van der Waals surface area (Å²) in [5.41, 5.74) is 0. The van der Waals surface area contributed by atoms with Gasteiger partial charge in [0.05, 0.1) is 10.7 Å². The maximum absolute atomic E-state index is 5.38. The van der Waals surface area contributed by atoms with Gasteiger partial charge in [0.15, 0.2) is 11.6 Å². The zero-order valence-corrected chi connectivity index (χ0v) is 13.2. The molecule has 1 N–H and O–H groups in total. The van der Waals surface area contributed by atoms with Crippen LogP contribution in [0.2, 0.25) is 0 Å². The van der Waals surface area contributed by atoms with Crippen molar-refractivity contribution in [3.05, 3.63) is 28.8 Å². The molecule has 0 atom stereocenters. The summed E-state index contributed by atoms with van der Waals surface area (Å²) in [6, 6.07) is 1.88. The van der Waals surface area contributed by atoms with Crippen molar-refractivity contribution in [1.82, 2.24) is 19.7 Å². The Labute approximate surface area is 126 Å². The highest BCUT2D eigenvalue weighted by atomic mass is 79.9. The molecule has 7 heteroatoms. The van der Waals surface area contributed by atoms with Crippen LogP contribution >= 0.6 is 15.9 Å². The van der Waals surface area contributed by atoms with Crippen LogP contribution in [0.25, 0.3) is 5.82 Å². The Bertz CT molecular complexity index is 531. The summed E-state index contributed by atoms with van der Waals surface area (Å²) < 4.78 is 8.00. The van der Waals surface area contributed by atoms with Gasteiger partial charge in [-0.15, -0.1) is 0 Å². The first kappa shape index (κ1) is 14.9. The summed E-state index contributed by atoms with van der Waals surface area (Å²) in [4.78, 5) is 8.91. The van der Waals surface area contributed by atoms with E-state index in [2.05, 4.69) is 43.2 Å². The lowest BCUT2D eigenvalue weighted by Gasteiger charge is -2.09. The van der Waals surface area contributed by atoms with Crippen LogP contribution in [-0.2, 0) is 11.3 Å². The molecule has 2 rings (SSSR count). The number of rotatable bonds is 7. The van der Waals surface area contributed by atoms with Gasteiger partial charge in [0.25, 0.3) is 0 Å². The van der Waals surface area contributed by atoms with Crippen LogP contribution in [0.5, 0.6) is 0 Å². The molecule has 0 aromatic carbocycles. The third kappa shape index (κ3) is 4.01. The van der Waals surface area contributed by atoms with Gasteiger partial charge in [-0.1, -0.05) is 6.92 Å². The highest BCUT2D eigenvalue weighted by Crippen LogP contribution is 2.14. The van der Waals surface area contributed by atoms with Gasteiger partial charge < -0.3 is 10.1 Å². The Hall–Kier alpha value is -1.47. The number of hydrogen-bond acceptors (Lipinski definition) is 5. The van der Waals surface area contributed by atoms with Gasteiger partial charge in [0.1, 0.15) is 12.4 Å². The van der Waals surface area contributed by atoms with E-state index in [-0.39, 0.29) is 0 Å². The highest BCUT2D eigenvalue weighted by Gasteiger charge is 2.07. The fourth-order valence-corrected chi connectivity index (χ4v) is 1.91. The van der Waals surface area contributed by atoms with Crippen molar-refractivity contribution in [1.29, 1.82) is 0 Å². The molecule has 0 aliphatic carbocycles. The predicted octanol–water partition coefficient (Wildman–Crippen LogP) is 2.78. The second-order valence-corrected chi connectivity index (χ2v) is 5.11. The van der Waals surface area contributed by atoms with Crippen LogP contribution in [0.3, 0.4) is 0 Å². The Morgan fingerprint density at radius 2 is 2.20 bits per heavy atom. The third-order valence-electron chi connectivity index (χ3n) is 2.54. The van der Waals surface area contributed by atoms with Crippen molar-refractivity contribution in [2.75, 3.05) is 18.5 Å². The number of nitrogens with zero attached hydrogens (tertiary/aromatic N) is 4. The summed E-state index contributed by atoms with van der Waals surface area (Å²) >= 11 is 3.38. The van der Waals surface area contributed by atoms with E-state index in [4.69, 9.17) is 4.74 Å². The number of aromatic nitrogens is 4. The van der Waals surface area contributed by atoms with Gasteiger partial charge in [0, 0.05) is 25.4 Å². The van der Waals surface area contributed by atoms with E-state index in [9.17, 15) is 0 Å². The van der Waals surface area contributed by atoms with E-state index < -0.39 is 0 Å². The van der Waals surface area contributed by atoms with Crippen LogP contribution in [0.1, 0.15) is 26.1 Å². The molecule has 2 heterocycles. The monoisotopic (exact) mass is 339 g/mol. The van der Waals surface area contributed by atoms with E-state index in [0.29, 0.717) is 19.0 Å².